The van der Waals surface area contributed by atoms with Gasteiger partial charge in [0.15, 0.2) is 5.78 Å². The SMILES string of the molecule is COc1cc(OC)cc(C(=O)NNC(=O)CCC(=O)c2ccccc2)c1. The van der Waals surface area contributed by atoms with Gasteiger partial charge in [0, 0.05) is 30.0 Å². The van der Waals surface area contributed by atoms with Crippen molar-refractivity contribution in [3.63, 3.8) is 0 Å². The highest BCUT2D eigenvalue weighted by Gasteiger charge is 2.12. The number of hydrogen-bond acceptors (Lipinski definition) is 5. The molecule has 2 aromatic rings. The van der Waals surface area contributed by atoms with Crippen LogP contribution in [0, 0.1) is 0 Å². The Morgan fingerprint density at radius 2 is 1.42 bits per heavy atom. The van der Waals surface area contributed by atoms with Crippen LogP contribution in [0.4, 0.5) is 0 Å². The molecule has 7 nitrogen and oxygen atoms in total. The monoisotopic (exact) mass is 356 g/mol. The number of nitrogens with one attached hydrogen (secondary N) is 2. The molecule has 2 aromatic carbocycles. The Bertz CT molecular complexity index is 768. The van der Waals surface area contributed by atoms with E-state index >= 15 is 0 Å². The highest BCUT2D eigenvalue weighted by atomic mass is 16.5. The fourth-order valence-electron chi connectivity index (χ4n) is 2.20. The maximum Gasteiger partial charge on any atom is 0.269 e. The van der Waals surface area contributed by atoms with E-state index in [1.807, 2.05) is 6.07 Å². The maximum atomic E-state index is 12.1. The summed E-state index contributed by atoms with van der Waals surface area (Å²) in [5.41, 5.74) is 5.41. The standard InChI is InChI=1S/C19H20N2O5/c1-25-15-10-14(11-16(12-15)26-2)19(24)21-20-18(23)9-8-17(22)13-6-4-3-5-7-13/h3-7,10-12H,8-9H2,1-2H3,(H,20,23)(H,21,24). The van der Waals surface area contributed by atoms with Gasteiger partial charge in [-0.15, -0.1) is 0 Å². The van der Waals surface area contributed by atoms with E-state index in [9.17, 15) is 14.4 Å². The van der Waals surface area contributed by atoms with E-state index in [4.69, 9.17) is 9.47 Å². The maximum absolute atomic E-state index is 12.1. The van der Waals surface area contributed by atoms with Gasteiger partial charge < -0.3 is 9.47 Å². The van der Waals surface area contributed by atoms with Crippen LogP contribution in [0.1, 0.15) is 33.6 Å². The number of Topliss-reactive ketones (excluding diaryl/α,β-unsaturated/α-hetero) is 1. The Kier molecular flexibility index (Phi) is 6.73. The van der Waals surface area contributed by atoms with E-state index < -0.39 is 11.8 Å². The fraction of sp³-hybridized carbons (Fsp3) is 0.211. The van der Waals surface area contributed by atoms with Crippen molar-refractivity contribution in [1.29, 1.82) is 0 Å². The average Bonchev–Trinajstić information content (AvgIpc) is 2.70. The third-order valence-electron chi connectivity index (χ3n) is 3.60. The molecular formula is C19H20N2O5. The van der Waals surface area contributed by atoms with E-state index in [1.165, 1.54) is 26.4 Å². The number of rotatable bonds is 7. The second kappa shape index (κ2) is 9.22. The van der Waals surface area contributed by atoms with Crippen LogP contribution in [0.5, 0.6) is 11.5 Å². The first kappa shape index (κ1) is 19.0. The summed E-state index contributed by atoms with van der Waals surface area (Å²) >= 11 is 0. The molecule has 0 spiro atoms. The van der Waals surface area contributed by atoms with E-state index in [0.717, 1.165) is 0 Å². The van der Waals surface area contributed by atoms with E-state index in [0.29, 0.717) is 17.1 Å². The molecule has 2 rings (SSSR count). The lowest BCUT2D eigenvalue weighted by molar-refractivity contribution is -0.121. The third kappa shape index (κ3) is 5.34. The Hall–Kier alpha value is -3.35. The first-order valence-electron chi connectivity index (χ1n) is 7.94. The van der Waals surface area contributed by atoms with Crippen molar-refractivity contribution >= 4 is 17.6 Å². The minimum Gasteiger partial charge on any atom is -0.497 e. The fourth-order valence-corrected chi connectivity index (χ4v) is 2.20. The summed E-state index contributed by atoms with van der Waals surface area (Å²) in [5, 5.41) is 0. The van der Waals surface area contributed by atoms with Gasteiger partial charge in [0.05, 0.1) is 14.2 Å². The van der Waals surface area contributed by atoms with Gasteiger partial charge in [-0.1, -0.05) is 30.3 Å². The summed E-state index contributed by atoms with van der Waals surface area (Å²) in [6.45, 7) is 0. The van der Waals surface area contributed by atoms with E-state index in [2.05, 4.69) is 10.9 Å². The zero-order valence-electron chi connectivity index (χ0n) is 14.6. The van der Waals surface area contributed by atoms with Gasteiger partial charge in [-0.3, -0.25) is 25.2 Å². The smallest absolute Gasteiger partial charge is 0.269 e. The lowest BCUT2D eigenvalue weighted by Crippen LogP contribution is -2.41. The van der Waals surface area contributed by atoms with Crippen molar-refractivity contribution in [3.8, 4) is 11.5 Å². The number of amides is 2. The Labute approximate surface area is 151 Å². The minimum absolute atomic E-state index is 0.0323. The van der Waals surface area contributed by atoms with Crippen LogP contribution in [0.25, 0.3) is 0 Å². The molecule has 0 fully saturated rings. The quantitative estimate of drug-likeness (QED) is 0.585. The van der Waals surface area contributed by atoms with Gasteiger partial charge in [-0.25, -0.2) is 0 Å². The average molecular weight is 356 g/mol. The molecule has 7 heteroatoms. The molecular weight excluding hydrogens is 336 g/mol. The molecule has 0 aliphatic carbocycles. The molecule has 0 saturated heterocycles. The summed E-state index contributed by atoms with van der Waals surface area (Å²) in [6.07, 6.45) is 0.0220. The Balaban J connectivity index is 1.85. The number of methoxy groups -OCH3 is 2. The van der Waals surface area contributed by atoms with Gasteiger partial charge in [0.1, 0.15) is 11.5 Å². The molecule has 0 aliphatic rings. The number of hydrogen-bond donors (Lipinski definition) is 2. The zero-order chi connectivity index (χ0) is 18.9. The van der Waals surface area contributed by atoms with Crippen LogP contribution in [-0.2, 0) is 4.79 Å². The van der Waals surface area contributed by atoms with Crippen molar-refractivity contribution in [2.45, 2.75) is 12.8 Å². The molecule has 0 heterocycles. The third-order valence-corrected chi connectivity index (χ3v) is 3.60. The van der Waals surface area contributed by atoms with E-state index in [1.54, 1.807) is 30.3 Å². The highest BCUT2D eigenvalue weighted by Crippen LogP contribution is 2.22. The lowest BCUT2D eigenvalue weighted by Gasteiger charge is -2.10. The molecule has 0 atom stereocenters. The number of carbonyl (C=O) groups excluding carboxylic acids is 3. The molecule has 2 N–H and O–H groups in total. The number of ether oxygens (including phenoxy) is 2. The zero-order valence-corrected chi connectivity index (χ0v) is 14.6. The second-order valence-electron chi connectivity index (χ2n) is 5.39. The summed E-state index contributed by atoms with van der Waals surface area (Å²) in [4.78, 5) is 35.9. The molecule has 0 unspecified atom stereocenters. The van der Waals surface area contributed by atoms with Crippen LogP contribution in [0.2, 0.25) is 0 Å². The summed E-state index contributed by atoms with van der Waals surface area (Å²) in [7, 11) is 2.95. The van der Waals surface area contributed by atoms with Gasteiger partial charge in [0.2, 0.25) is 5.91 Å². The normalized spacial score (nSPS) is 9.92. The van der Waals surface area contributed by atoms with Crippen molar-refractivity contribution < 1.29 is 23.9 Å². The number of carbonyl (C=O) groups is 3. The van der Waals surface area contributed by atoms with Crippen LogP contribution in [-0.4, -0.2) is 31.8 Å². The Morgan fingerprint density at radius 1 is 0.808 bits per heavy atom. The summed E-state index contributed by atoms with van der Waals surface area (Å²) < 4.78 is 10.2. The summed E-state index contributed by atoms with van der Waals surface area (Å²) in [5.74, 6) is -0.212. The van der Waals surface area contributed by atoms with Crippen LogP contribution in [0.3, 0.4) is 0 Å². The first-order chi connectivity index (χ1) is 12.5. The molecule has 0 radical (unpaired) electrons. The minimum atomic E-state index is -0.523. The van der Waals surface area contributed by atoms with Gasteiger partial charge >= 0.3 is 0 Å². The highest BCUT2D eigenvalue weighted by molar-refractivity contribution is 5.99. The number of benzene rings is 2. The molecule has 0 aliphatic heterocycles. The lowest BCUT2D eigenvalue weighted by atomic mass is 10.1. The van der Waals surface area contributed by atoms with Crippen molar-refractivity contribution in [2.75, 3.05) is 14.2 Å². The predicted molar refractivity (Wildman–Crippen MR) is 95.2 cm³/mol. The van der Waals surface area contributed by atoms with Crippen LogP contribution >= 0.6 is 0 Å². The van der Waals surface area contributed by atoms with E-state index in [-0.39, 0.29) is 24.2 Å². The van der Waals surface area contributed by atoms with Gasteiger partial charge in [-0.05, 0) is 12.1 Å². The first-order valence-corrected chi connectivity index (χ1v) is 7.94. The largest absolute Gasteiger partial charge is 0.497 e. The molecule has 0 saturated carbocycles. The van der Waals surface area contributed by atoms with Crippen LogP contribution < -0.4 is 20.3 Å². The van der Waals surface area contributed by atoms with Crippen molar-refractivity contribution in [1.82, 2.24) is 10.9 Å². The van der Waals surface area contributed by atoms with Gasteiger partial charge in [-0.2, -0.15) is 0 Å². The number of hydrazine groups is 1. The molecule has 136 valence electrons. The van der Waals surface area contributed by atoms with Crippen LogP contribution in [0.15, 0.2) is 48.5 Å². The number of ketones is 1. The second-order valence-corrected chi connectivity index (χ2v) is 5.39. The van der Waals surface area contributed by atoms with Gasteiger partial charge in [0.25, 0.3) is 5.91 Å². The predicted octanol–water partition coefficient (Wildman–Crippen LogP) is 2.13. The van der Waals surface area contributed by atoms with Crippen molar-refractivity contribution in [3.05, 3.63) is 59.7 Å². The topological polar surface area (TPSA) is 93.7 Å². The molecule has 2 amide bonds. The summed E-state index contributed by atoms with van der Waals surface area (Å²) in [6, 6.07) is 13.4. The molecule has 0 aromatic heterocycles. The Morgan fingerprint density at radius 3 is 2.00 bits per heavy atom. The molecule has 26 heavy (non-hydrogen) atoms. The molecule has 0 bridgehead atoms. The van der Waals surface area contributed by atoms with Crippen molar-refractivity contribution in [2.24, 2.45) is 0 Å².